The van der Waals surface area contributed by atoms with Crippen LogP contribution in [0.4, 0.5) is 0 Å². The summed E-state index contributed by atoms with van der Waals surface area (Å²) < 4.78 is 0. The fourth-order valence-electron chi connectivity index (χ4n) is 3.63. The second kappa shape index (κ2) is 5.27. The van der Waals surface area contributed by atoms with E-state index < -0.39 is 0 Å². The van der Waals surface area contributed by atoms with E-state index in [2.05, 4.69) is 61.6 Å². The lowest BCUT2D eigenvalue weighted by Crippen LogP contribution is -2.22. The minimum Gasteiger partial charge on any atom is -0.379 e. The Hall–Kier alpha value is -1.67. The molecule has 0 fully saturated rings. The Morgan fingerprint density at radius 2 is 1.81 bits per heavy atom. The van der Waals surface area contributed by atoms with Gasteiger partial charge in [0.2, 0.25) is 0 Å². The average Bonchev–Trinajstić information content (AvgIpc) is 2.77. The minimum atomic E-state index is 0.0973. The van der Waals surface area contributed by atoms with Crippen LogP contribution in [0.15, 0.2) is 42.5 Å². The minimum absolute atomic E-state index is 0.0973. The zero-order valence-corrected chi connectivity index (χ0v) is 13.7. The predicted octanol–water partition coefficient (Wildman–Crippen LogP) is 4.67. The second-order valence-electron chi connectivity index (χ2n) is 5.97. The van der Waals surface area contributed by atoms with Gasteiger partial charge in [-0.1, -0.05) is 68.9 Å². The van der Waals surface area contributed by atoms with Gasteiger partial charge < -0.3 is 5.32 Å². The van der Waals surface area contributed by atoms with Gasteiger partial charge in [-0.05, 0) is 34.7 Å². The fourth-order valence-corrected chi connectivity index (χ4v) is 3.76. The molecule has 0 spiro atoms. The van der Waals surface area contributed by atoms with Gasteiger partial charge in [0.05, 0.1) is 0 Å². The summed E-state index contributed by atoms with van der Waals surface area (Å²) >= 11 is 5.41. The first kappa shape index (κ1) is 14.3. The third kappa shape index (κ3) is 2.09. The van der Waals surface area contributed by atoms with Crippen LogP contribution in [-0.2, 0) is 5.41 Å². The zero-order valence-electron chi connectivity index (χ0n) is 12.9. The van der Waals surface area contributed by atoms with E-state index in [0.29, 0.717) is 0 Å². The molecule has 2 aromatic carbocycles. The van der Waals surface area contributed by atoms with Gasteiger partial charge in [0.15, 0.2) is 0 Å². The van der Waals surface area contributed by atoms with E-state index in [0.717, 1.165) is 17.0 Å². The van der Waals surface area contributed by atoms with Crippen molar-refractivity contribution in [3.63, 3.8) is 0 Å². The molecule has 0 radical (unpaired) electrons. The Morgan fingerprint density at radius 3 is 2.52 bits per heavy atom. The van der Waals surface area contributed by atoms with E-state index in [1.807, 2.05) is 7.05 Å². The summed E-state index contributed by atoms with van der Waals surface area (Å²) in [7, 11) is 1.88. The number of hydrogen-bond acceptors (Lipinski definition) is 1. The molecule has 0 aliphatic heterocycles. The maximum atomic E-state index is 5.41. The summed E-state index contributed by atoms with van der Waals surface area (Å²) in [6, 6.07) is 15.4. The molecule has 1 atom stereocenters. The molecular formula is C19H21NS. The van der Waals surface area contributed by atoms with Gasteiger partial charge in [-0.15, -0.1) is 0 Å². The van der Waals surface area contributed by atoms with Gasteiger partial charge in [-0.2, -0.15) is 0 Å². The highest BCUT2D eigenvalue weighted by Gasteiger charge is 2.38. The van der Waals surface area contributed by atoms with E-state index in [9.17, 15) is 0 Å². The standard InChI is InChI=1S/C19H21NS/c1-4-11-19(2)16-8-6-5-7-14(16)15-10-9-13(12-17(15)19)18(21)20-3/h5-10,12H,4,11H2,1-3H3,(H,20,21). The summed E-state index contributed by atoms with van der Waals surface area (Å²) in [5.41, 5.74) is 6.83. The predicted molar refractivity (Wildman–Crippen MR) is 94.0 cm³/mol. The first-order valence-electron chi connectivity index (χ1n) is 7.58. The molecule has 0 heterocycles. The van der Waals surface area contributed by atoms with Crippen molar-refractivity contribution >= 4 is 17.2 Å². The van der Waals surface area contributed by atoms with Crippen molar-refractivity contribution in [2.45, 2.75) is 32.1 Å². The van der Waals surface area contributed by atoms with Crippen LogP contribution < -0.4 is 5.32 Å². The molecule has 0 amide bonds. The van der Waals surface area contributed by atoms with E-state index in [1.54, 1.807) is 0 Å². The van der Waals surface area contributed by atoms with E-state index in [-0.39, 0.29) is 5.41 Å². The van der Waals surface area contributed by atoms with Crippen molar-refractivity contribution < 1.29 is 0 Å². The highest BCUT2D eigenvalue weighted by Crippen LogP contribution is 2.51. The third-order valence-corrected chi connectivity index (χ3v) is 5.10. The van der Waals surface area contributed by atoms with Crippen molar-refractivity contribution in [1.82, 2.24) is 5.32 Å². The SMILES string of the molecule is CCCC1(C)c2ccccc2-c2ccc(C(=S)NC)cc21. The first-order chi connectivity index (χ1) is 10.1. The molecule has 0 saturated heterocycles. The maximum Gasteiger partial charge on any atom is 0.106 e. The van der Waals surface area contributed by atoms with Gasteiger partial charge in [0.25, 0.3) is 0 Å². The molecule has 0 saturated carbocycles. The smallest absolute Gasteiger partial charge is 0.106 e. The molecule has 1 nitrogen and oxygen atoms in total. The number of rotatable bonds is 3. The summed E-state index contributed by atoms with van der Waals surface area (Å²) in [6.07, 6.45) is 2.33. The topological polar surface area (TPSA) is 12.0 Å². The highest BCUT2D eigenvalue weighted by atomic mass is 32.1. The van der Waals surface area contributed by atoms with Crippen LogP contribution in [-0.4, -0.2) is 12.0 Å². The largest absolute Gasteiger partial charge is 0.379 e. The molecule has 0 bridgehead atoms. The maximum absolute atomic E-state index is 5.41. The molecule has 2 aromatic rings. The number of benzene rings is 2. The van der Waals surface area contributed by atoms with Crippen molar-refractivity contribution in [2.75, 3.05) is 7.05 Å². The summed E-state index contributed by atoms with van der Waals surface area (Å²) in [5.74, 6) is 0. The Balaban J connectivity index is 2.23. The van der Waals surface area contributed by atoms with Crippen molar-refractivity contribution in [3.05, 3.63) is 59.2 Å². The average molecular weight is 295 g/mol. The van der Waals surface area contributed by atoms with Gasteiger partial charge in [-0.25, -0.2) is 0 Å². The Labute approximate surface area is 132 Å². The van der Waals surface area contributed by atoms with Crippen molar-refractivity contribution in [2.24, 2.45) is 0 Å². The van der Waals surface area contributed by atoms with Gasteiger partial charge in [0, 0.05) is 18.0 Å². The quantitative estimate of drug-likeness (QED) is 0.826. The summed E-state index contributed by atoms with van der Waals surface area (Å²) in [6.45, 7) is 4.63. The van der Waals surface area contributed by atoms with Crippen molar-refractivity contribution in [3.8, 4) is 11.1 Å². The summed E-state index contributed by atoms with van der Waals surface area (Å²) in [5, 5.41) is 3.08. The number of nitrogens with one attached hydrogen (secondary N) is 1. The molecule has 21 heavy (non-hydrogen) atoms. The van der Waals surface area contributed by atoms with Crippen LogP contribution in [0, 0.1) is 0 Å². The lowest BCUT2D eigenvalue weighted by Gasteiger charge is -2.27. The summed E-state index contributed by atoms with van der Waals surface area (Å²) in [4.78, 5) is 0.813. The highest BCUT2D eigenvalue weighted by molar-refractivity contribution is 7.80. The normalized spacial score (nSPS) is 19.0. The molecular weight excluding hydrogens is 274 g/mol. The Kier molecular flexibility index (Phi) is 3.58. The third-order valence-electron chi connectivity index (χ3n) is 4.66. The van der Waals surface area contributed by atoms with E-state index >= 15 is 0 Å². The van der Waals surface area contributed by atoms with E-state index in [1.165, 1.54) is 28.7 Å². The van der Waals surface area contributed by atoms with Crippen LogP contribution in [0.5, 0.6) is 0 Å². The number of fused-ring (bicyclic) bond motifs is 3. The van der Waals surface area contributed by atoms with Crippen LogP contribution >= 0.6 is 12.2 Å². The zero-order chi connectivity index (χ0) is 15.0. The first-order valence-corrected chi connectivity index (χ1v) is 7.99. The van der Waals surface area contributed by atoms with Crippen LogP contribution in [0.25, 0.3) is 11.1 Å². The lowest BCUT2D eigenvalue weighted by molar-refractivity contribution is 0.524. The number of hydrogen-bond donors (Lipinski definition) is 1. The molecule has 1 aliphatic carbocycles. The van der Waals surface area contributed by atoms with Crippen molar-refractivity contribution in [1.29, 1.82) is 0 Å². The molecule has 0 aromatic heterocycles. The molecule has 1 aliphatic rings. The molecule has 1 unspecified atom stereocenters. The fraction of sp³-hybridized carbons (Fsp3) is 0.316. The van der Waals surface area contributed by atoms with Gasteiger partial charge in [0.1, 0.15) is 4.99 Å². The van der Waals surface area contributed by atoms with Crippen LogP contribution in [0.3, 0.4) is 0 Å². The molecule has 3 rings (SSSR count). The van der Waals surface area contributed by atoms with Gasteiger partial charge >= 0.3 is 0 Å². The monoisotopic (exact) mass is 295 g/mol. The Bertz CT molecular complexity index is 704. The molecule has 1 N–H and O–H groups in total. The Morgan fingerprint density at radius 1 is 1.10 bits per heavy atom. The van der Waals surface area contributed by atoms with Crippen LogP contribution in [0.1, 0.15) is 43.4 Å². The molecule has 108 valence electrons. The second-order valence-corrected chi connectivity index (χ2v) is 6.38. The molecule has 2 heteroatoms. The van der Waals surface area contributed by atoms with Crippen LogP contribution in [0.2, 0.25) is 0 Å². The number of thiocarbonyl (C=S) groups is 1. The van der Waals surface area contributed by atoms with Gasteiger partial charge in [-0.3, -0.25) is 0 Å². The lowest BCUT2D eigenvalue weighted by atomic mass is 9.76. The van der Waals surface area contributed by atoms with E-state index in [4.69, 9.17) is 12.2 Å².